The number of rotatable bonds is 5. The molecule has 6 nitrogen and oxygen atoms in total. The summed E-state index contributed by atoms with van der Waals surface area (Å²) in [7, 11) is 3.63. The SMILES string of the molecule is COc1ccc(C)c(Nc2cc(OC3CC3)nc3c2ncn3C)c1C. The van der Waals surface area contributed by atoms with Gasteiger partial charge in [0, 0.05) is 24.4 Å². The molecule has 1 N–H and O–H groups in total. The maximum Gasteiger partial charge on any atom is 0.217 e. The molecule has 1 fully saturated rings. The molecule has 25 heavy (non-hydrogen) atoms. The molecule has 1 aliphatic rings. The second kappa shape index (κ2) is 5.95. The van der Waals surface area contributed by atoms with Gasteiger partial charge in [0.2, 0.25) is 5.88 Å². The van der Waals surface area contributed by atoms with Crippen LogP contribution >= 0.6 is 0 Å². The molecule has 130 valence electrons. The van der Waals surface area contributed by atoms with Crippen LogP contribution in [0.25, 0.3) is 11.2 Å². The van der Waals surface area contributed by atoms with Crippen molar-refractivity contribution < 1.29 is 9.47 Å². The standard InChI is InChI=1S/C19H22N4O2/c1-11-5-8-15(24-4)12(2)17(11)21-14-9-16(25-13-6-7-13)22-19-18(14)20-10-23(19)3/h5,8-10,13H,6-7H2,1-4H3,(H,21,22). The summed E-state index contributed by atoms with van der Waals surface area (Å²) in [6, 6.07) is 5.97. The lowest BCUT2D eigenvalue weighted by Crippen LogP contribution is -2.03. The molecular formula is C19H22N4O2. The monoisotopic (exact) mass is 338 g/mol. The number of aromatic nitrogens is 3. The second-order valence-corrected chi connectivity index (χ2v) is 6.56. The fourth-order valence-electron chi connectivity index (χ4n) is 2.96. The van der Waals surface area contributed by atoms with E-state index in [1.807, 2.05) is 36.7 Å². The van der Waals surface area contributed by atoms with Gasteiger partial charge in [0.25, 0.3) is 0 Å². The highest BCUT2D eigenvalue weighted by Crippen LogP contribution is 2.35. The summed E-state index contributed by atoms with van der Waals surface area (Å²) in [5, 5.41) is 3.53. The summed E-state index contributed by atoms with van der Waals surface area (Å²) in [5.74, 6) is 1.49. The van der Waals surface area contributed by atoms with Crippen LogP contribution in [-0.4, -0.2) is 27.7 Å². The molecule has 4 rings (SSSR count). The summed E-state index contributed by atoms with van der Waals surface area (Å²) in [6.07, 6.45) is 4.27. The smallest absolute Gasteiger partial charge is 0.217 e. The van der Waals surface area contributed by atoms with Crippen molar-refractivity contribution in [3.8, 4) is 11.6 Å². The van der Waals surface area contributed by atoms with E-state index in [0.717, 1.165) is 52.3 Å². The van der Waals surface area contributed by atoms with Crippen LogP contribution in [0.3, 0.4) is 0 Å². The molecule has 0 bridgehead atoms. The van der Waals surface area contributed by atoms with Gasteiger partial charge in [-0.25, -0.2) is 4.98 Å². The number of hydrogen-bond acceptors (Lipinski definition) is 5. The predicted molar refractivity (Wildman–Crippen MR) is 97.9 cm³/mol. The Morgan fingerprint density at radius 3 is 2.76 bits per heavy atom. The van der Waals surface area contributed by atoms with E-state index >= 15 is 0 Å². The lowest BCUT2D eigenvalue weighted by atomic mass is 10.1. The first-order chi connectivity index (χ1) is 12.1. The number of methoxy groups -OCH3 is 1. The number of hydrogen-bond donors (Lipinski definition) is 1. The van der Waals surface area contributed by atoms with Crippen molar-refractivity contribution >= 4 is 22.5 Å². The van der Waals surface area contributed by atoms with Gasteiger partial charge < -0.3 is 19.4 Å². The number of fused-ring (bicyclic) bond motifs is 1. The Kier molecular flexibility index (Phi) is 3.75. The quantitative estimate of drug-likeness (QED) is 0.765. The highest BCUT2D eigenvalue weighted by Gasteiger charge is 2.25. The molecule has 2 heterocycles. The largest absolute Gasteiger partial charge is 0.496 e. The molecule has 0 spiro atoms. The number of anilines is 2. The third kappa shape index (κ3) is 2.88. The van der Waals surface area contributed by atoms with Gasteiger partial charge in [0.15, 0.2) is 5.65 Å². The molecule has 1 aromatic carbocycles. The average Bonchev–Trinajstić information content (AvgIpc) is 3.33. The zero-order valence-electron chi connectivity index (χ0n) is 15.0. The van der Waals surface area contributed by atoms with Gasteiger partial charge in [-0.15, -0.1) is 0 Å². The van der Waals surface area contributed by atoms with Crippen LogP contribution in [0.5, 0.6) is 11.6 Å². The number of aryl methyl sites for hydroxylation is 2. The van der Waals surface area contributed by atoms with Crippen molar-refractivity contribution in [1.29, 1.82) is 0 Å². The average molecular weight is 338 g/mol. The number of ether oxygens (including phenoxy) is 2. The number of pyridine rings is 1. The molecule has 1 aliphatic carbocycles. The molecular weight excluding hydrogens is 316 g/mol. The molecule has 2 aromatic heterocycles. The minimum Gasteiger partial charge on any atom is -0.496 e. The van der Waals surface area contributed by atoms with Crippen molar-refractivity contribution in [2.75, 3.05) is 12.4 Å². The Morgan fingerprint density at radius 2 is 2.04 bits per heavy atom. The van der Waals surface area contributed by atoms with E-state index in [-0.39, 0.29) is 0 Å². The minimum absolute atomic E-state index is 0.298. The van der Waals surface area contributed by atoms with Crippen LogP contribution in [-0.2, 0) is 7.05 Å². The lowest BCUT2D eigenvalue weighted by Gasteiger charge is -2.16. The van der Waals surface area contributed by atoms with Crippen LogP contribution in [0, 0.1) is 13.8 Å². The van der Waals surface area contributed by atoms with Crippen molar-refractivity contribution in [3.05, 3.63) is 35.7 Å². The molecule has 0 aliphatic heterocycles. The summed E-state index contributed by atoms with van der Waals surface area (Å²) < 4.78 is 13.3. The Hall–Kier alpha value is -2.76. The second-order valence-electron chi connectivity index (χ2n) is 6.56. The number of benzene rings is 1. The minimum atomic E-state index is 0.298. The molecule has 3 aromatic rings. The van der Waals surface area contributed by atoms with Crippen LogP contribution in [0.1, 0.15) is 24.0 Å². The van der Waals surface area contributed by atoms with Crippen molar-refractivity contribution in [1.82, 2.24) is 14.5 Å². The Labute approximate surface area is 146 Å². The van der Waals surface area contributed by atoms with E-state index in [0.29, 0.717) is 12.0 Å². The molecule has 0 atom stereocenters. The Morgan fingerprint density at radius 1 is 1.24 bits per heavy atom. The zero-order chi connectivity index (χ0) is 17.6. The maximum absolute atomic E-state index is 5.92. The van der Waals surface area contributed by atoms with Crippen LogP contribution < -0.4 is 14.8 Å². The Balaban J connectivity index is 1.81. The number of nitrogens with one attached hydrogen (secondary N) is 1. The van der Waals surface area contributed by atoms with Crippen LogP contribution in [0.15, 0.2) is 24.5 Å². The fourth-order valence-corrected chi connectivity index (χ4v) is 2.96. The predicted octanol–water partition coefficient (Wildman–Crippen LogP) is 3.88. The van der Waals surface area contributed by atoms with Crippen molar-refractivity contribution in [3.63, 3.8) is 0 Å². The normalized spacial score (nSPS) is 13.9. The third-order valence-electron chi connectivity index (χ3n) is 4.56. The molecule has 0 amide bonds. The number of nitrogens with zero attached hydrogens (tertiary/aromatic N) is 3. The highest BCUT2D eigenvalue weighted by molar-refractivity contribution is 5.89. The van der Waals surface area contributed by atoms with E-state index in [9.17, 15) is 0 Å². The van der Waals surface area contributed by atoms with Crippen molar-refractivity contribution in [2.45, 2.75) is 32.8 Å². The first kappa shape index (κ1) is 15.7. The van der Waals surface area contributed by atoms with Crippen LogP contribution in [0.4, 0.5) is 11.4 Å². The topological polar surface area (TPSA) is 61.2 Å². The maximum atomic E-state index is 5.92. The Bertz CT molecular complexity index is 944. The van der Waals surface area contributed by atoms with Gasteiger partial charge in [-0.1, -0.05) is 6.07 Å². The summed E-state index contributed by atoms with van der Waals surface area (Å²) in [6.45, 7) is 4.12. The highest BCUT2D eigenvalue weighted by atomic mass is 16.5. The van der Waals surface area contributed by atoms with Gasteiger partial charge in [-0.2, -0.15) is 4.98 Å². The van der Waals surface area contributed by atoms with Gasteiger partial charge >= 0.3 is 0 Å². The van der Waals surface area contributed by atoms with Gasteiger partial charge in [0.05, 0.1) is 19.1 Å². The van der Waals surface area contributed by atoms with Gasteiger partial charge in [0.1, 0.15) is 17.4 Å². The van der Waals surface area contributed by atoms with Crippen molar-refractivity contribution in [2.24, 2.45) is 7.05 Å². The van der Waals surface area contributed by atoms with E-state index < -0.39 is 0 Å². The summed E-state index contributed by atoms with van der Waals surface area (Å²) in [5.41, 5.74) is 5.75. The lowest BCUT2D eigenvalue weighted by molar-refractivity contribution is 0.292. The molecule has 1 saturated carbocycles. The van der Waals surface area contributed by atoms with Crippen LogP contribution in [0.2, 0.25) is 0 Å². The summed E-state index contributed by atoms with van der Waals surface area (Å²) >= 11 is 0. The third-order valence-corrected chi connectivity index (χ3v) is 4.56. The van der Waals surface area contributed by atoms with E-state index in [4.69, 9.17) is 9.47 Å². The first-order valence-corrected chi connectivity index (χ1v) is 8.46. The molecule has 0 unspecified atom stereocenters. The fraction of sp³-hybridized carbons (Fsp3) is 0.368. The van der Waals surface area contributed by atoms with E-state index in [1.54, 1.807) is 13.4 Å². The molecule has 6 heteroatoms. The van der Waals surface area contributed by atoms with Gasteiger partial charge in [-0.05, 0) is 38.3 Å². The van der Waals surface area contributed by atoms with E-state index in [1.165, 1.54) is 0 Å². The van der Waals surface area contributed by atoms with Gasteiger partial charge in [-0.3, -0.25) is 0 Å². The number of imidazole rings is 1. The van der Waals surface area contributed by atoms with E-state index in [2.05, 4.69) is 22.2 Å². The summed E-state index contributed by atoms with van der Waals surface area (Å²) in [4.78, 5) is 9.11. The molecule has 0 radical (unpaired) electrons. The first-order valence-electron chi connectivity index (χ1n) is 8.46. The zero-order valence-corrected chi connectivity index (χ0v) is 15.0. The molecule has 0 saturated heterocycles.